The Labute approximate surface area is 401 Å². The van der Waals surface area contributed by atoms with Crippen LogP contribution in [0.15, 0.2) is 188 Å². The number of rotatable bonds is 14. The average molecular weight is 888 g/mol. The van der Waals surface area contributed by atoms with Crippen LogP contribution < -0.4 is 19.3 Å². The van der Waals surface area contributed by atoms with E-state index < -0.39 is 0 Å². The minimum atomic E-state index is 0.316. The molecule has 0 aliphatic heterocycles. The van der Waals surface area contributed by atoms with Crippen molar-refractivity contribution in [3.05, 3.63) is 216 Å². The third-order valence-electron chi connectivity index (χ3n) is 13.3. The van der Waals surface area contributed by atoms with Crippen LogP contribution in [0.25, 0.3) is 35.1 Å². The lowest BCUT2D eigenvalue weighted by molar-refractivity contribution is 0.155. The summed E-state index contributed by atoms with van der Waals surface area (Å²) in [6, 6.07) is 68.2. The summed E-state index contributed by atoms with van der Waals surface area (Å²) in [6.45, 7) is 0. The summed E-state index contributed by atoms with van der Waals surface area (Å²) in [5.41, 5.74) is 11.3. The molecular weight excluding hydrogens is 831 g/mol. The summed E-state index contributed by atoms with van der Waals surface area (Å²) < 4.78 is 12.7. The molecule has 0 aromatic heterocycles. The van der Waals surface area contributed by atoms with Gasteiger partial charge in [0.05, 0.1) is 17.8 Å². The predicted octanol–water partition coefficient (Wildman–Crippen LogP) is 17.4. The summed E-state index contributed by atoms with van der Waals surface area (Å²) in [5.74, 6) is 1.87. The normalized spacial score (nSPS) is 14.5. The van der Waals surface area contributed by atoms with Crippen molar-refractivity contribution < 1.29 is 9.47 Å². The van der Waals surface area contributed by atoms with Gasteiger partial charge in [-0.1, -0.05) is 122 Å². The predicted molar refractivity (Wildman–Crippen MR) is 284 cm³/mol. The van der Waals surface area contributed by atoms with Crippen LogP contribution in [0.5, 0.6) is 11.5 Å². The van der Waals surface area contributed by atoms with Crippen LogP contribution in [0.1, 0.15) is 92.0 Å². The SMILES string of the molecule is N#Cc1c(/C=C/c2ccc(N(c3ccccc3)c3ccc(OC4CCCCC4)cc3)cc2)ccc2cc(/C=C/c3ccc(N(c4ccccc4)c4ccc(OC5CCCCC5)cc4)cc3)ccc12. The molecule has 68 heavy (non-hydrogen) atoms. The molecule has 0 unspecified atom stereocenters. The van der Waals surface area contributed by atoms with E-state index >= 15 is 0 Å². The second-order valence-corrected chi connectivity index (χ2v) is 18.1. The molecule has 0 amide bonds. The molecule has 2 saturated carbocycles. The Balaban J connectivity index is 0.820. The molecule has 0 spiro atoms. The third kappa shape index (κ3) is 10.6. The minimum absolute atomic E-state index is 0.316. The van der Waals surface area contributed by atoms with Crippen LogP contribution in [0.2, 0.25) is 0 Å². The Kier molecular flexibility index (Phi) is 13.7. The first-order valence-electron chi connectivity index (χ1n) is 24.4. The van der Waals surface area contributed by atoms with Crippen LogP contribution in [0.4, 0.5) is 34.1 Å². The zero-order chi connectivity index (χ0) is 45.9. The fraction of sp³-hybridized carbons (Fsp3) is 0.190. The van der Waals surface area contributed by atoms with Gasteiger partial charge in [-0.25, -0.2) is 0 Å². The van der Waals surface area contributed by atoms with Gasteiger partial charge in [-0.05, 0) is 182 Å². The monoisotopic (exact) mass is 887 g/mol. The standard InChI is InChI=1S/C63H57N3O2/c64-46-63-50(29-23-48-26-34-55(35-27-48)66(53-15-7-2-8-16-53)57-38-42-61(43-39-57)68-59-19-11-4-12-20-59)30-31-51-45-49(28-44-62(51)63)22-21-47-24-32-54(33-25-47)65(52-13-5-1-6-14-52)56-36-40-60(41-37-56)67-58-17-9-3-10-18-58/h1-2,5-8,13-16,21-45,58-59H,3-4,9-12,17-20H2/b22-21+,29-23+. The fourth-order valence-electron chi connectivity index (χ4n) is 9.73. The van der Waals surface area contributed by atoms with Crippen molar-refractivity contribution in [2.75, 3.05) is 9.80 Å². The molecule has 8 aromatic carbocycles. The van der Waals surface area contributed by atoms with Crippen LogP contribution in [-0.4, -0.2) is 12.2 Å². The van der Waals surface area contributed by atoms with E-state index in [1.165, 1.54) is 38.5 Å². The Morgan fingerprint density at radius 3 is 1.25 bits per heavy atom. The Morgan fingerprint density at radius 2 is 0.794 bits per heavy atom. The largest absolute Gasteiger partial charge is 0.490 e. The molecule has 2 aliphatic rings. The van der Waals surface area contributed by atoms with Crippen LogP contribution in [0, 0.1) is 11.3 Å². The lowest BCUT2D eigenvalue weighted by Gasteiger charge is -2.26. The van der Waals surface area contributed by atoms with Crippen molar-refractivity contribution in [3.63, 3.8) is 0 Å². The number of anilines is 6. The zero-order valence-corrected chi connectivity index (χ0v) is 38.6. The van der Waals surface area contributed by atoms with Crippen molar-refractivity contribution in [3.8, 4) is 17.6 Å². The van der Waals surface area contributed by atoms with E-state index in [-0.39, 0.29) is 0 Å². The number of ether oxygens (including phenoxy) is 2. The van der Waals surface area contributed by atoms with Gasteiger partial charge in [-0.2, -0.15) is 5.26 Å². The van der Waals surface area contributed by atoms with Crippen molar-refractivity contribution >= 4 is 69.2 Å². The van der Waals surface area contributed by atoms with Crippen LogP contribution >= 0.6 is 0 Å². The summed E-state index contributed by atoms with van der Waals surface area (Å²) in [4.78, 5) is 4.55. The maximum Gasteiger partial charge on any atom is 0.119 e. The van der Waals surface area contributed by atoms with E-state index in [1.54, 1.807) is 0 Å². The van der Waals surface area contributed by atoms with Gasteiger partial charge in [0.25, 0.3) is 0 Å². The number of benzene rings is 8. The molecular formula is C63H57N3O2. The third-order valence-corrected chi connectivity index (χ3v) is 13.3. The summed E-state index contributed by atoms with van der Waals surface area (Å²) in [6.07, 6.45) is 21.2. The molecule has 0 heterocycles. The van der Waals surface area contributed by atoms with E-state index in [4.69, 9.17) is 9.47 Å². The summed E-state index contributed by atoms with van der Waals surface area (Å²) >= 11 is 0. The van der Waals surface area contributed by atoms with E-state index in [2.05, 4.69) is 210 Å². The molecule has 5 nitrogen and oxygen atoms in total. The summed E-state index contributed by atoms with van der Waals surface area (Å²) in [7, 11) is 0. The number of fused-ring (bicyclic) bond motifs is 1. The molecule has 0 atom stereocenters. The highest BCUT2D eigenvalue weighted by Crippen LogP contribution is 2.38. The highest BCUT2D eigenvalue weighted by atomic mass is 16.5. The lowest BCUT2D eigenvalue weighted by Crippen LogP contribution is -2.19. The van der Waals surface area contributed by atoms with Crippen molar-refractivity contribution in [2.24, 2.45) is 0 Å². The molecule has 0 N–H and O–H groups in total. The first-order chi connectivity index (χ1) is 33.6. The number of hydrogen-bond donors (Lipinski definition) is 0. The highest BCUT2D eigenvalue weighted by Gasteiger charge is 2.18. The number of hydrogen-bond acceptors (Lipinski definition) is 5. The molecule has 10 rings (SSSR count). The first kappa shape index (κ1) is 44.0. The van der Waals surface area contributed by atoms with Gasteiger partial charge in [0.2, 0.25) is 0 Å². The van der Waals surface area contributed by atoms with Gasteiger partial charge in [0.1, 0.15) is 17.6 Å². The topological polar surface area (TPSA) is 48.7 Å². The number of nitrogens with zero attached hydrogens (tertiary/aromatic N) is 3. The van der Waals surface area contributed by atoms with Crippen molar-refractivity contribution in [1.82, 2.24) is 0 Å². The zero-order valence-electron chi connectivity index (χ0n) is 38.6. The van der Waals surface area contributed by atoms with E-state index in [1.807, 2.05) is 18.2 Å². The quantitative estimate of drug-likeness (QED) is 0.102. The van der Waals surface area contributed by atoms with E-state index in [9.17, 15) is 5.26 Å². The molecule has 5 heteroatoms. The Morgan fingerprint density at radius 1 is 0.397 bits per heavy atom. The second-order valence-electron chi connectivity index (χ2n) is 18.1. The smallest absolute Gasteiger partial charge is 0.119 e. The Bertz CT molecular complexity index is 3000. The molecule has 8 aromatic rings. The molecule has 0 saturated heterocycles. The van der Waals surface area contributed by atoms with Gasteiger partial charge in [0.15, 0.2) is 0 Å². The van der Waals surface area contributed by atoms with Gasteiger partial charge in [-0.3, -0.25) is 0 Å². The maximum absolute atomic E-state index is 10.4. The number of nitriles is 1. The van der Waals surface area contributed by atoms with Crippen molar-refractivity contribution in [1.29, 1.82) is 5.26 Å². The van der Waals surface area contributed by atoms with Gasteiger partial charge in [-0.15, -0.1) is 0 Å². The fourth-order valence-corrected chi connectivity index (χ4v) is 9.73. The first-order valence-corrected chi connectivity index (χ1v) is 24.4. The lowest BCUT2D eigenvalue weighted by atomic mass is 9.97. The Hall–Kier alpha value is -7.81. The van der Waals surface area contributed by atoms with Gasteiger partial charge < -0.3 is 19.3 Å². The van der Waals surface area contributed by atoms with Crippen molar-refractivity contribution in [2.45, 2.75) is 76.4 Å². The average Bonchev–Trinajstić information content (AvgIpc) is 3.40. The van der Waals surface area contributed by atoms with E-state index in [0.717, 1.165) is 104 Å². The molecule has 336 valence electrons. The van der Waals surface area contributed by atoms with Crippen LogP contribution in [-0.2, 0) is 0 Å². The minimum Gasteiger partial charge on any atom is -0.490 e. The van der Waals surface area contributed by atoms with Gasteiger partial charge in [0, 0.05) is 39.5 Å². The molecule has 0 bridgehead atoms. The number of para-hydroxylation sites is 2. The molecule has 0 radical (unpaired) electrons. The molecule has 2 fully saturated rings. The van der Waals surface area contributed by atoms with E-state index in [0.29, 0.717) is 17.8 Å². The molecule has 2 aliphatic carbocycles. The highest BCUT2D eigenvalue weighted by molar-refractivity contribution is 5.94. The second kappa shape index (κ2) is 21.2. The van der Waals surface area contributed by atoms with Gasteiger partial charge >= 0.3 is 0 Å². The maximum atomic E-state index is 10.4. The summed E-state index contributed by atoms with van der Waals surface area (Å²) in [5, 5.41) is 12.4. The van der Waals surface area contributed by atoms with Crippen LogP contribution in [0.3, 0.4) is 0 Å².